The summed E-state index contributed by atoms with van der Waals surface area (Å²) in [6.07, 6.45) is 8.22. The van der Waals surface area contributed by atoms with Gasteiger partial charge in [-0.3, -0.25) is 4.98 Å². The quantitative estimate of drug-likeness (QED) is 0.731. The van der Waals surface area contributed by atoms with Crippen LogP contribution in [0.3, 0.4) is 0 Å². The van der Waals surface area contributed by atoms with Gasteiger partial charge in [-0.15, -0.1) is 0 Å². The molecule has 0 aliphatic carbocycles. The lowest BCUT2D eigenvalue weighted by atomic mass is 10.1. The van der Waals surface area contributed by atoms with E-state index in [0.717, 1.165) is 19.5 Å². The Bertz CT molecular complexity index is 620. The van der Waals surface area contributed by atoms with Crippen LogP contribution in [0.5, 0.6) is 0 Å². The Morgan fingerprint density at radius 3 is 2.60 bits per heavy atom. The number of hydrogen-bond donors (Lipinski definition) is 0. The number of nitrogens with zero attached hydrogens (tertiary/aromatic N) is 3. The largest absolute Gasteiger partial charge is 0.303 e. The van der Waals surface area contributed by atoms with Crippen LogP contribution in [-0.2, 0) is 19.4 Å². The fourth-order valence-electron chi connectivity index (χ4n) is 3.60. The first-order valence-electron chi connectivity index (χ1n) is 9.68. The van der Waals surface area contributed by atoms with Gasteiger partial charge in [0.05, 0.1) is 0 Å². The summed E-state index contributed by atoms with van der Waals surface area (Å²) < 4.78 is 0. The molecule has 1 aromatic heterocycles. The van der Waals surface area contributed by atoms with Crippen LogP contribution in [0.1, 0.15) is 36.1 Å². The second-order valence-corrected chi connectivity index (χ2v) is 7.28. The summed E-state index contributed by atoms with van der Waals surface area (Å²) >= 11 is 0. The van der Waals surface area contributed by atoms with Crippen LogP contribution in [0, 0.1) is 0 Å². The first-order chi connectivity index (χ1) is 12.3. The highest BCUT2D eigenvalue weighted by atomic mass is 15.1. The van der Waals surface area contributed by atoms with Gasteiger partial charge in [-0.2, -0.15) is 0 Å². The van der Waals surface area contributed by atoms with E-state index in [0.29, 0.717) is 0 Å². The van der Waals surface area contributed by atoms with Gasteiger partial charge in [-0.05, 0) is 62.7 Å². The minimum absolute atomic E-state index is 1.00. The van der Waals surface area contributed by atoms with Gasteiger partial charge in [0.2, 0.25) is 0 Å². The molecule has 25 heavy (non-hydrogen) atoms. The molecule has 1 aliphatic heterocycles. The summed E-state index contributed by atoms with van der Waals surface area (Å²) in [7, 11) is 2.20. The molecule has 0 N–H and O–H groups in total. The topological polar surface area (TPSA) is 19.4 Å². The third-order valence-electron chi connectivity index (χ3n) is 5.09. The van der Waals surface area contributed by atoms with E-state index < -0.39 is 0 Å². The minimum Gasteiger partial charge on any atom is -0.303 e. The number of piperidine rings is 1. The number of aromatic nitrogens is 1. The average Bonchev–Trinajstić information content (AvgIpc) is 2.67. The molecule has 2 aromatic rings. The summed E-state index contributed by atoms with van der Waals surface area (Å²) in [5.41, 5.74) is 4.06. The van der Waals surface area contributed by atoms with Gasteiger partial charge in [-0.25, -0.2) is 0 Å². The Balaban J connectivity index is 1.45. The van der Waals surface area contributed by atoms with Gasteiger partial charge in [0, 0.05) is 37.9 Å². The van der Waals surface area contributed by atoms with Gasteiger partial charge in [-0.1, -0.05) is 36.8 Å². The maximum atomic E-state index is 4.41. The van der Waals surface area contributed by atoms with Crippen molar-refractivity contribution in [2.45, 2.75) is 38.6 Å². The summed E-state index contributed by atoms with van der Waals surface area (Å²) in [6, 6.07) is 15.3. The lowest BCUT2D eigenvalue weighted by Crippen LogP contribution is -2.31. The molecule has 0 bridgehead atoms. The van der Waals surface area contributed by atoms with E-state index in [2.05, 4.69) is 58.2 Å². The number of rotatable bonds is 8. The molecule has 3 heteroatoms. The lowest BCUT2D eigenvalue weighted by Gasteiger charge is -2.26. The second kappa shape index (κ2) is 9.69. The van der Waals surface area contributed by atoms with Crippen molar-refractivity contribution in [1.82, 2.24) is 14.8 Å². The maximum Gasteiger partial charge on any atom is 0.0416 e. The SMILES string of the molecule is CN(CCc1ccccn1)Cc1cccc(CCN2CCCCC2)c1. The zero-order valence-electron chi connectivity index (χ0n) is 15.5. The van der Waals surface area contributed by atoms with Gasteiger partial charge < -0.3 is 9.80 Å². The van der Waals surface area contributed by atoms with Crippen molar-refractivity contribution >= 4 is 0 Å². The van der Waals surface area contributed by atoms with Gasteiger partial charge in [0.25, 0.3) is 0 Å². The van der Waals surface area contributed by atoms with E-state index in [1.807, 2.05) is 12.3 Å². The standard InChI is InChI=1S/C22H31N3/c1-24(16-12-22-10-3-4-13-23-22)19-21-9-7-8-20(18-21)11-17-25-14-5-2-6-15-25/h3-4,7-10,13,18H,2,5-6,11-12,14-17,19H2,1H3. The molecule has 0 saturated carbocycles. The maximum absolute atomic E-state index is 4.41. The Labute approximate surface area is 152 Å². The van der Waals surface area contributed by atoms with Crippen molar-refractivity contribution < 1.29 is 0 Å². The van der Waals surface area contributed by atoms with Crippen LogP contribution < -0.4 is 0 Å². The molecular formula is C22H31N3. The lowest BCUT2D eigenvalue weighted by molar-refractivity contribution is 0.231. The third kappa shape index (κ3) is 6.26. The van der Waals surface area contributed by atoms with E-state index in [1.165, 1.54) is 62.1 Å². The monoisotopic (exact) mass is 337 g/mol. The molecule has 0 unspecified atom stereocenters. The Morgan fingerprint density at radius 1 is 0.960 bits per heavy atom. The zero-order valence-corrected chi connectivity index (χ0v) is 15.5. The fraction of sp³-hybridized carbons (Fsp3) is 0.500. The molecule has 0 radical (unpaired) electrons. The van der Waals surface area contributed by atoms with Gasteiger partial charge in [0.15, 0.2) is 0 Å². The summed E-state index contributed by atoms with van der Waals surface area (Å²) in [6.45, 7) is 5.82. The van der Waals surface area contributed by atoms with E-state index in [9.17, 15) is 0 Å². The highest BCUT2D eigenvalue weighted by molar-refractivity contribution is 5.23. The predicted molar refractivity (Wildman–Crippen MR) is 105 cm³/mol. The van der Waals surface area contributed by atoms with Crippen molar-refractivity contribution in [2.75, 3.05) is 33.2 Å². The molecule has 0 atom stereocenters. The molecule has 1 saturated heterocycles. The van der Waals surface area contributed by atoms with E-state index in [4.69, 9.17) is 0 Å². The van der Waals surface area contributed by atoms with Crippen LogP contribution in [0.2, 0.25) is 0 Å². The number of likely N-dealkylation sites (tertiary alicyclic amines) is 1. The highest BCUT2D eigenvalue weighted by Crippen LogP contribution is 2.12. The first kappa shape index (κ1) is 18.1. The van der Waals surface area contributed by atoms with Crippen molar-refractivity contribution in [2.24, 2.45) is 0 Å². The van der Waals surface area contributed by atoms with Crippen LogP contribution in [0.4, 0.5) is 0 Å². The minimum atomic E-state index is 1.00. The molecule has 3 nitrogen and oxygen atoms in total. The van der Waals surface area contributed by atoms with Crippen LogP contribution in [-0.4, -0.2) is 48.0 Å². The predicted octanol–water partition coefficient (Wildman–Crippen LogP) is 3.78. The van der Waals surface area contributed by atoms with E-state index >= 15 is 0 Å². The highest BCUT2D eigenvalue weighted by Gasteiger charge is 2.10. The average molecular weight is 338 g/mol. The smallest absolute Gasteiger partial charge is 0.0416 e. The van der Waals surface area contributed by atoms with E-state index in [1.54, 1.807) is 0 Å². The fourth-order valence-corrected chi connectivity index (χ4v) is 3.60. The third-order valence-corrected chi connectivity index (χ3v) is 5.09. The van der Waals surface area contributed by atoms with Crippen molar-refractivity contribution in [3.8, 4) is 0 Å². The molecule has 0 amide bonds. The van der Waals surface area contributed by atoms with Crippen molar-refractivity contribution in [1.29, 1.82) is 0 Å². The molecule has 134 valence electrons. The number of benzene rings is 1. The zero-order chi connectivity index (χ0) is 17.3. The summed E-state index contributed by atoms with van der Waals surface area (Å²) in [5.74, 6) is 0. The van der Waals surface area contributed by atoms with Gasteiger partial charge >= 0.3 is 0 Å². The molecule has 2 heterocycles. The van der Waals surface area contributed by atoms with Crippen molar-refractivity contribution in [3.05, 3.63) is 65.5 Å². The van der Waals surface area contributed by atoms with Crippen molar-refractivity contribution in [3.63, 3.8) is 0 Å². The molecule has 1 aliphatic rings. The number of pyridine rings is 1. The molecule has 0 spiro atoms. The molecule has 3 rings (SSSR count). The Hall–Kier alpha value is -1.71. The second-order valence-electron chi connectivity index (χ2n) is 7.28. The van der Waals surface area contributed by atoms with E-state index in [-0.39, 0.29) is 0 Å². The van der Waals surface area contributed by atoms with Crippen LogP contribution in [0.25, 0.3) is 0 Å². The normalized spacial score (nSPS) is 15.6. The van der Waals surface area contributed by atoms with Crippen LogP contribution in [0.15, 0.2) is 48.7 Å². The Morgan fingerprint density at radius 2 is 1.80 bits per heavy atom. The first-order valence-corrected chi connectivity index (χ1v) is 9.68. The summed E-state index contributed by atoms with van der Waals surface area (Å²) in [4.78, 5) is 9.42. The Kier molecular flexibility index (Phi) is 7.01. The van der Waals surface area contributed by atoms with Gasteiger partial charge in [0.1, 0.15) is 0 Å². The number of likely N-dealkylation sites (N-methyl/N-ethyl adjacent to an activating group) is 1. The summed E-state index contributed by atoms with van der Waals surface area (Å²) in [5, 5.41) is 0. The molecule has 1 fully saturated rings. The molecule has 1 aromatic carbocycles. The van der Waals surface area contributed by atoms with Crippen LogP contribution >= 0.6 is 0 Å². The molecular weight excluding hydrogens is 306 g/mol. The number of hydrogen-bond acceptors (Lipinski definition) is 3.